The summed E-state index contributed by atoms with van der Waals surface area (Å²) in [4.78, 5) is 20.5. The second-order valence-corrected chi connectivity index (χ2v) is 11.9. The Balaban J connectivity index is 1.19. The van der Waals surface area contributed by atoms with Crippen LogP contribution in [-0.4, -0.2) is 50.7 Å². The van der Waals surface area contributed by atoms with E-state index in [-0.39, 0.29) is 17.3 Å². The molecule has 0 saturated heterocycles. The van der Waals surface area contributed by atoms with Crippen LogP contribution in [0.4, 0.5) is 5.82 Å². The van der Waals surface area contributed by atoms with Crippen molar-refractivity contribution in [2.24, 2.45) is 0 Å². The number of pyridine rings is 2. The smallest absolute Gasteiger partial charge is 0.214 e. The lowest BCUT2D eigenvalue weighted by Gasteiger charge is -2.30. The Labute approximate surface area is 214 Å². The maximum Gasteiger partial charge on any atom is 0.214 e. The number of fused-ring (bicyclic) bond motifs is 1. The van der Waals surface area contributed by atoms with Gasteiger partial charge in [0.15, 0.2) is 0 Å². The molecule has 2 saturated carbocycles. The van der Waals surface area contributed by atoms with Crippen molar-refractivity contribution in [3.8, 4) is 22.3 Å². The molecule has 0 aliphatic heterocycles. The third-order valence-electron chi connectivity index (χ3n) is 6.90. The highest BCUT2D eigenvalue weighted by molar-refractivity contribution is 7.90. The van der Waals surface area contributed by atoms with Gasteiger partial charge in [-0.25, -0.2) is 33.1 Å². The highest BCUT2D eigenvalue weighted by Gasteiger charge is 2.37. The summed E-state index contributed by atoms with van der Waals surface area (Å²) in [5.41, 5.74) is 4.50. The molecule has 2 aliphatic carbocycles. The zero-order valence-corrected chi connectivity index (χ0v) is 21.1. The van der Waals surface area contributed by atoms with Crippen LogP contribution >= 0.6 is 11.6 Å². The summed E-state index contributed by atoms with van der Waals surface area (Å²) in [7, 11) is -3.15. The van der Waals surface area contributed by atoms with Crippen molar-refractivity contribution in [1.82, 2.24) is 29.6 Å². The highest BCUT2D eigenvalue weighted by atomic mass is 35.5. The Hall–Kier alpha value is -3.08. The number of H-pyrrole nitrogens is 1. The standard InChI is InChI=1S/C25H26ClN7O2S/c26-23-8-15(22-13-30-25-21(22)7-16(12-29-25)17-10-27-14-28-11-17)9-24(32-23)31-18-1-3-19(4-2-18)33-36(34,35)20-5-6-20/h7-14,18-20,33H,1-6H2,(H,29,30)(H,31,32)/t18-,19-. The van der Waals surface area contributed by atoms with Gasteiger partial charge in [-0.05, 0) is 62.3 Å². The Bertz CT molecular complexity index is 1500. The molecule has 4 aromatic rings. The topological polar surface area (TPSA) is 126 Å². The zero-order valence-electron chi connectivity index (χ0n) is 19.5. The molecule has 2 aliphatic rings. The van der Waals surface area contributed by atoms with Crippen molar-refractivity contribution in [3.05, 3.63) is 54.5 Å². The molecule has 0 spiro atoms. The third-order valence-corrected chi connectivity index (χ3v) is 9.11. The third kappa shape index (κ3) is 4.93. The summed E-state index contributed by atoms with van der Waals surface area (Å²) < 4.78 is 27.4. The van der Waals surface area contributed by atoms with Crippen molar-refractivity contribution >= 4 is 38.5 Å². The van der Waals surface area contributed by atoms with Crippen LogP contribution in [0, 0.1) is 0 Å². The van der Waals surface area contributed by atoms with E-state index in [1.165, 1.54) is 6.33 Å². The SMILES string of the molecule is O=S(=O)(N[C@H]1CC[C@H](Nc2cc(-c3c[nH]c4ncc(-c5cncnc5)cc34)cc(Cl)n2)CC1)C1CC1. The van der Waals surface area contributed by atoms with Crippen molar-refractivity contribution in [3.63, 3.8) is 0 Å². The second kappa shape index (κ2) is 9.42. The predicted molar refractivity (Wildman–Crippen MR) is 140 cm³/mol. The first-order valence-corrected chi connectivity index (χ1v) is 14.1. The maximum atomic E-state index is 12.3. The Morgan fingerprint density at radius 2 is 1.64 bits per heavy atom. The molecule has 0 bridgehead atoms. The van der Waals surface area contributed by atoms with E-state index in [4.69, 9.17) is 11.6 Å². The van der Waals surface area contributed by atoms with Gasteiger partial charge in [0.05, 0.1) is 5.25 Å². The van der Waals surface area contributed by atoms with E-state index in [0.717, 1.165) is 71.8 Å². The van der Waals surface area contributed by atoms with Gasteiger partial charge in [-0.15, -0.1) is 0 Å². The first kappa shape index (κ1) is 23.3. The van der Waals surface area contributed by atoms with Crippen LogP contribution in [-0.2, 0) is 10.0 Å². The number of aromatic nitrogens is 5. The summed E-state index contributed by atoms with van der Waals surface area (Å²) in [5.74, 6) is 0.703. The van der Waals surface area contributed by atoms with Crippen LogP contribution in [0.15, 0.2) is 49.3 Å². The van der Waals surface area contributed by atoms with Crippen LogP contribution in [0.5, 0.6) is 0 Å². The van der Waals surface area contributed by atoms with Gasteiger partial charge in [-0.3, -0.25) is 0 Å². The maximum absolute atomic E-state index is 12.3. The Kier molecular flexibility index (Phi) is 6.10. The van der Waals surface area contributed by atoms with Gasteiger partial charge < -0.3 is 10.3 Å². The quantitative estimate of drug-likeness (QED) is 0.303. The molecule has 186 valence electrons. The van der Waals surface area contributed by atoms with Gasteiger partial charge in [-0.2, -0.15) is 0 Å². The molecule has 4 heterocycles. The predicted octanol–water partition coefficient (Wildman–Crippen LogP) is 4.54. The first-order chi connectivity index (χ1) is 17.4. The van der Waals surface area contributed by atoms with Gasteiger partial charge in [0.1, 0.15) is 22.9 Å². The highest BCUT2D eigenvalue weighted by Crippen LogP contribution is 2.34. The molecular weight excluding hydrogens is 498 g/mol. The van der Waals surface area contributed by atoms with Crippen molar-refractivity contribution in [2.75, 3.05) is 5.32 Å². The lowest BCUT2D eigenvalue weighted by molar-refractivity contribution is 0.386. The minimum atomic E-state index is -3.15. The van der Waals surface area contributed by atoms with Gasteiger partial charge >= 0.3 is 0 Å². The Morgan fingerprint density at radius 1 is 0.889 bits per heavy atom. The molecule has 4 aromatic heterocycles. The number of hydrogen-bond donors (Lipinski definition) is 3. The van der Waals surface area contributed by atoms with Crippen molar-refractivity contribution in [1.29, 1.82) is 0 Å². The molecule has 11 heteroatoms. The normalized spacial score (nSPS) is 20.5. The zero-order chi connectivity index (χ0) is 24.7. The van der Waals surface area contributed by atoms with Crippen LogP contribution in [0.1, 0.15) is 38.5 Å². The molecule has 0 atom stereocenters. The molecule has 0 unspecified atom stereocenters. The van der Waals surface area contributed by atoms with E-state index in [2.05, 4.69) is 41.0 Å². The second-order valence-electron chi connectivity index (χ2n) is 9.57. The van der Waals surface area contributed by atoms with Gasteiger partial charge in [0, 0.05) is 58.9 Å². The van der Waals surface area contributed by atoms with E-state index in [0.29, 0.717) is 11.0 Å². The van der Waals surface area contributed by atoms with Crippen molar-refractivity contribution < 1.29 is 8.42 Å². The molecule has 0 amide bonds. The van der Waals surface area contributed by atoms with E-state index in [1.54, 1.807) is 18.6 Å². The molecule has 36 heavy (non-hydrogen) atoms. The fraction of sp³-hybridized carbons (Fsp3) is 0.360. The largest absolute Gasteiger partial charge is 0.367 e. The molecule has 0 radical (unpaired) electrons. The number of aromatic amines is 1. The summed E-state index contributed by atoms with van der Waals surface area (Å²) in [6, 6.07) is 6.13. The number of rotatable bonds is 7. The van der Waals surface area contributed by atoms with E-state index in [1.807, 2.05) is 18.3 Å². The fourth-order valence-electron chi connectivity index (χ4n) is 4.85. The number of anilines is 1. The fourth-order valence-corrected chi connectivity index (χ4v) is 6.70. The van der Waals surface area contributed by atoms with Gasteiger partial charge in [-0.1, -0.05) is 11.6 Å². The van der Waals surface area contributed by atoms with Gasteiger partial charge in [0.25, 0.3) is 0 Å². The number of halogens is 1. The van der Waals surface area contributed by atoms with Crippen LogP contribution in [0.3, 0.4) is 0 Å². The van der Waals surface area contributed by atoms with E-state index < -0.39 is 10.0 Å². The molecule has 0 aromatic carbocycles. The summed E-state index contributed by atoms with van der Waals surface area (Å²) in [5, 5.41) is 4.70. The molecule has 9 nitrogen and oxygen atoms in total. The van der Waals surface area contributed by atoms with E-state index >= 15 is 0 Å². The molecular formula is C25H26ClN7O2S. The Morgan fingerprint density at radius 3 is 2.39 bits per heavy atom. The molecule has 2 fully saturated rings. The number of sulfonamides is 1. The first-order valence-electron chi connectivity index (χ1n) is 12.1. The number of hydrogen-bond acceptors (Lipinski definition) is 7. The van der Waals surface area contributed by atoms with Crippen LogP contribution in [0.25, 0.3) is 33.3 Å². The average Bonchev–Trinajstić information content (AvgIpc) is 3.66. The van der Waals surface area contributed by atoms with Crippen molar-refractivity contribution in [2.45, 2.75) is 55.9 Å². The molecule has 6 rings (SSSR count). The minimum Gasteiger partial charge on any atom is -0.367 e. The monoisotopic (exact) mass is 523 g/mol. The average molecular weight is 524 g/mol. The summed E-state index contributed by atoms with van der Waals surface area (Å²) >= 11 is 6.42. The molecule has 3 N–H and O–H groups in total. The number of nitrogens with zero attached hydrogens (tertiary/aromatic N) is 4. The lowest BCUT2D eigenvalue weighted by atomic mass is 9.92. The van der Waals surface area contributed by atoms with Crippen LogP contribution < -0.4 is 10.0 Å². The minimum absolute atomic E-state index is 0.0134. The van der Waals surface area contributed by atoms with Crippen LogP contribution in [0.2, 0.25) is 5.15 Å². The summed E-state index contributed by atoms with van der Waals surface area (Å²) in [6.45, 7) is 0. The summed E-state index contributed by atoms with van der Waals surface area (Å²) in [6.07, 6.45) is 13.6. The van der Waals surface area contributed by atoms with E-state index in [9.17, 15) is 8.42 Å². The van der Waals surface area contributed by atoms with Gasteiger partial charge in [0.2, 0.25) is 10.0 Å². The number of nitrogens with one attached hydrogen (secondary N) is 3. The lowest BCUT2D eigenvalue weighted by Crippen LogP contribution is -2.41.